The van der Waals surface area contributed by atoms with Gasteiger partial charge in [-0.25, -0.2) is 9.97 Å². The van der Waals surface area contributed by atoms with Crippen molar-refractivity contribution < 1.29 is 4.74 Å². The molecule has 0 saturated heterocycles. The van der Waals surface area contributed by atoms with Crippen molar-refractivity contribution in [2.75, 3.05) is 0 Å². The molecule has 3 aliphatic rings. The minimum atomic E-state index is -0.501. The van der Waals surface area contributed by atoms with Crippen LogP contribution in [0.3, 0.4) is 0 Å². The molecular weight excluding hydrogens is 621 g/mol. The van der Waals surface area contributed by atoms with E-state index in [1.807, 2.05) is 18.2 Å². The van der Waals surface area contributed by atoms with Crippen LogP contribution in [0.1, 0.15) is 27.8 Å². The number of hydrogen-bond donors (Lipinski definition) is 0. The molecule has 0 N–H and O–H groups in total. The standard InChI is InChI=1S/C48H30N2O/c1-3-13-30(14-4-1)43-28-44(31-15-5-2-6-16-31)50-47(49-43)32-23-24-37-42(27-32)48(39-20-10-7-17-34(39)35-18-8-11-21-40(35)48)41-26-25-33-36-19-9-12-22-45(36)51-29-38(33)46(37)41/h1-28H,29H2. The fourth-order valence-corrected chi connectivity index (χ4v) is 8.90. The number of nitrogens with zero attached hydrogens (tertiary/aromatic N) is 2. The molecule has 0 unspecified atom stereocenters. The van der Waals surface area contributed by atoms with E-state index in [9.17, 15) is 0 Å². The van der Waals surface area contributed by atoms with Crippen molar-refractivity contribution in [1.29, 1.82) is 0 Å². The Morgan fingerprint density at radius 2 is 0.980 bits per heavy atom. The highest BCUT2D eigenvalue weighted by atomic mass is 16.5. The third-order valence-electron chi connectivity index (χ3n) is 11.0. The summed E-state index contributed by atoms with van der Waals surface area (Å²) in [4.78, 5) is 10.5. The molecule has 1 aromatic heterocycles. The number of rotatable bonds is 3. The van der Waals surface area contributed by atoms with Gasteiger partial charge in [-0.1, -0.05) is 152 Å². The third kappa shape index (κ3) is 3.94. The van der Waals surface area contributed by atoms with Gasteiger partial charge in [0.15, 0.2) is 5.82 Å². The topological polar surface area (TPSA) is 35.0 Å². The first-order valence-electron chi connectivity index (χ1n) is 17.5. The van der Waals surface area contributed by atoms with E-state index in [0.29, 0.717) is 12.4 Å². The van der Waals surface area contributed by atoms with Crippen molar-refractivity contribution in [3.05, 3.63) is 198 Å². The molecule has 8 aromatic rings. The van der Waals surface area contributed by atoms with Crippen LogP contribution in [0, 0.1) is 0 Å². The molecule has 7 aromatic carbocycles. The summed E-state index contributed by atoms with van der Waals surface area (Å²) < 4.78 is 6.46. The predicted molar refractivity (Wildman–Crippen MR) is 204 cm³/mol. The molecule has 238 valence electrons. The maximum Gasteiger partial charge on any atom is 0.160 e. The van der Waals surface area contributed by atoms with Gasteiger partial charge in [0.25, 0.3) is 0 Å². The van der Waals surface area contributed by atoms with Gasteiger partial charge in [0.05, 0.1) is 16.8 Å². The van der Waals surface area contributed by atoms with E-state index in [2.05, 4.69) is 152 Å². The van der Waals surface area contributed by atoms with Crippen LogP contribution in [-0.4, -0.2) is 9.97 Å². The van der Waals surface area contributed by atoms with Gasteiger partial charge in [-0.15, -0.1) is 0 Å². The summed E-state index contributed by atoms with van der Waals surface area (Å²) in [6, 6.07) is 60.8. The molecule has 51 heavy (non-hydrogen) atoms. The number of fused-ring (bicyclic) bond motifs is 14. The number of aromatic nitrogens is 2. The van der Waals surface area contributed by atoms with E-state index >= 15 is 0 Å². The Balaban J connectivity index is 1.21. The van der Waals surface area contributed by atoms with Gasteiger partial charge in [0.1, 0.15) is 12.4 Å². The van der Waals surface area contributed by atoms with Crippen LogP contribution in [0.5, 0.6) is 5.75 Å². The van der Waals surface area contributed by atoms with E-state index in [4.69, 9.17) is 14.7 Å². The number of para-hydroxylation sites is 1. The van der Waals surface area contributed by atoms with Crippen LogP contribution in [0.4, 0.5) is 0 Å². The van der Waals surface area contributed by atoms with E-state index in [0.717, 1.165) is 39.4 Å². The summed E-state index contributed by atoms with van der Waals surface area (Å²) in [7, 11) is 0. The van der Waals surface area contributed by atoms with Crippen LogP contribution in [0.15, 0.2) is 170 Å². The second-order valence-electron chi connectivity index (χ2n) is 13.6. The average molecular weight is 651 g/mol. The molecule has 11 rings (SSSR count). The molecule has 3 heteroatoms. The van der Waals surface area contributed by atoms with Gasteiger partial charge >= 0.3 is 0 Å². The SMILES string of the molecule is c1ccc(-c2cc(-c3ccccc3)nc(-c3ccc4c(c3)C3(c5ccccc5-c5ccccc53)c3ccc5c(c3-4)COc3ccccc3-5)n2)cc1. The maximum atomic E-state index is 6.46. The molecule has 0 atom stereocenters. The summed E-state index contributed by atoms with van der Waals surface area (Å²) >= 11 is 0. The molecule has 1 aliphatic heterocycles. The highest BCUT2D eigenvalue weighted by Crippen LogP contribution is 2.64. The molecule has 0 radical (unpaired) electrons. The summed E-state index contributed by atoms with van der Waals surface area (Å²) in [5, 5.41) is 0. The van der Waals surface area contributed by atoms with E-state index < -0.39 is 5.41 Å². The largest absolute Gasteiger partial charge is 0.488 e. The normalized spacial score (nSPS) is 13.7. The molecule has 1 spiro atoms. The van der Waals surface area contributed by atoms with E-state index in [-0.39, 0.29) is 0 Å². The monoisotopic (exact) mass is 650 g/mol. The van der Waals surface area contributed by atoms with Crippen molar-refractivity contribution in [3.8, 4) is 73.0 Å². The molecule has 3 nitrogen and oxygen atoms in total. The lowest BCUT2D eigenvalue weighted by atomic mass is 9.70. The zero-order valence-corrected chi connectivity index (χ0v) is 27.7. The first kappa shape index (κ1) is 28.3. The molecule has 2 heterocycles. The van der Waals surface area contributed by atoms with Crippen molar-refractivity contribution in [2.24, 2.45) is 0 Å². The van der Waals surface area contributed by atoms with Crippen molar-refractivity contribution in [1.82, 2.24) is 9.97 Å². The lowest BCUT2D eigenvalue weighted by Gasteiger charge is -2.31. The van der Waals surface area contributed by atoms with Crippen LogP contribution in [0.2, 0.25) is 0 Å². The Hall–Kier alpha value is -6.58. The van der Waals surface area contributed by atoms with Crippen LogP contribution < -0.4 is 4.74 Å². The highest BCUT2D eigenvalue weighted by molar-refractivity contribution is 5.99. The fraction of sp³-hybridized carbons (Fsp3) is 0.0417. The smallest absolute Gasteiger partial charge is 0.160 e. The summed E-state index contributed by atoms with van der Waals surface area (Å²) in [5.74, 6) is 1.65. The van der Waals surface area contributed by atoms with Gasteiger partial charge < -0.3 is 4.74 Å². The predicted octanol–water partition coefficient (Wildman–Crippen LogP) is 11.4. The zero-order valence-electron chi connectivity index (χ0n) is 27.7. The van der Waals surface area contributed by atoms with Gasteiger partial charge in [-0.3, -0.25) is 0 Å². The van der Waals surface area contributed by atoms with E-state index in [1.165, 1.54) is 55.6 Å². The average Bonchev–Trinajstić information content (AvgIpc) is 3.68. The first-order chi connectivity index (χ1) is 25.3. The van der Waals surface area contributed by atoms with Crippen LogP contribution >= 0.6 is 0 Å². The summed E-state index contributed by atoms with van der Waals surface area (Å²) in [6.07, 6.45) is 0. The Labute approximate surface area is 296 Å². The van der Waals surface area contributed by atoms with Gasteiger partial charge in [-0.05, 0) is 68.3 Å². The second kappa shape index (κ2) is 10.7. The lowest BCUT2D eigenvalue weighted by Crippen LogP contribution is -2.26. The third-order valence-corrected chi connectivity index (χ3v) is 11.0. The Morgan fingerprint density at radius 3 is 1.65 bits per heavy atom. The Bertz CT molecular complexity index is 2590. The Morgan fingerprint density at radius 1 is 0.412 bits per heavy atom. The Kier molecular flexibility index (Phi) is 5.94. The minimum absolute atomic E-state index is 0.501. The second-order valence-corrected chi connectivity index (χ2v) is 13.6. The molecule has 0 saturated carbocycles. The first-order valence-corrected chi connectivity index (χ1v) is 17.5. The summed E-state index contributed by atoms with van der Waals surface area (Å²) in [5.41, 5.74) is 18.3. The van der Waals surface area contributed by atoms with Crippen LogP contribution in [0.25, 0.3) is 67.3 Å². The van der Waals surface area contributed by atoms with Crippen molar-refractivity contribution in [3.63, 3.8) is 0 Å². The molecule has 0 fully saturated rings. The van der Waals surface area contributed by atoms with Gasteiger partial charge in [-0.2, -0.15) is 0 Å². The lowest BCUT2D eigenvalue weighted by molar-refractivity contribution is 0.303. The van der Waals surface area contributed by atoms with E-state index in [1.54, 1.807) is 0 Å². The van der Waals surface area contributed by atoms with Gasteiger partial charge in [0.2, 0.25) is 0 Å². The van der Waals surface area contributed by atoms with Crippen LogP contribution in [-0.2, 0) is 12.0 Å². The zero-order chi connectivity index (χ0) is 33.5. The minimum Gasteiger partial charge on any atom is -0.488 e. The molecule has 2 aliphatic carbocycles. The highest BCUT2D eigenvalue weighted by Gasteiger charge is 2.52. The number of hydrogen-bond acceptors (Lipinski definition) is 3. The van der Waals surface area contributed by atoms with Crippen molar-refractivity contribution in [2.45, 2.75) is 12.0 Å². The maximum absolute atomic E-state index is 6.46. The quantitative estimate of drug-likeness (QED) is 0.191. The molecule has 0 bridgehead atoms. The fourth-order valence-electron chi connectivity index (χ4n) is 8.90. The molecular formula is C48H30N2O. The molecule has 0 amide bonds. The number of ether oxygens (including phenoxy) is 1. The summed E-state index contributed by atoms with van der Waals surface area (Å²) in [6.45, 7) is 0.527. The number of benzene rings is 7. The van der Waals surface area contributed by atoms with Gasteiger partial charge in [0, 0.05) is 27.8 Å². The van der Waals surface area contributed by atoms with Crippen molar-refractivity contribution >= 4 is 0 Å².